The molecular formula is C14H20N4OS2. The molecule has 0 aromatic carbocycles. The Morgan fingerprint density at radius 2 is 2.19 bits per heavy atom. The third-order valence-electron chi connectivity index (χ3n) is 3.88. The third kappa shape index (κ3) is 3.04. The summed E-state index contributed by atoms with van der Waals surface area (Å²) in [5, 5.41) is 4.28. The van der Waals surface area contributed by atoms with Crippen molar-refractivity contribution in [2.24, 2.45) is 5.92 Å². The van der Waals surface area contributed by atoms with Gasteiger partial charge >= 0.3 is 0 Å². The van der Waals surface area contributed by atoms with E-state index in [9.17, 15) is 0 Å². The molecule has 5 nitrogen and oxygen atoms in total. The van der Waals surface area contributed by atoms with E-state index in [1.54, 1.807) is 18.4 Å². The number of anilines is 2. The molecule has 0 radical (unpaired) electrons. The van der Waals surface area contributed by atoms with Gasteiger partial charge in [-0.15, -0.1) is 11.3 Å². The Labute approximate surface area is 132 Å². The fourth-order valence-electron chi connectivity index (χ4n) is 2.77. The fraction of sp³-hybridized carbons (Fsp3) is 0.571. The van der Waals surface area contributed by atoms with Crippen LogP contribution in [0.2, 0.25) is 0 Å². The van der Waals surface area contributed by atoms with Crippen molar-refractivity contribution < 1.29 is 4.74 Å². The van der Waals surface area contributed by atoms with Gasteiger partial charge in [0.1, 0.15) is 10.8 Å². The number of hydrogen-bond donors (Lipinski definition) is 1. The summed E-state index contributed by atoms with van der Waals surface area (Å²) < 4.78 is 9.62. The van der Waals surface area contributed by atoms with Crippen molar-refractivity contribution in [2.45, 2.75) is 19.8 Å². The molecule has 114 valence electrons. The quantitative estimate of drug-likeness (QED) is 0.936. The molecular weight excluding hydrogens is 304 g/mol. The molecule has 0 aliphatic carbocycles. The molecule has 0 spiro atoms. The number of ether oxygens (including phenoxy) is 1. The van der Waals surface area contributed by atoms with Gasteiger partial charge in [-0.05, 0) is 37.2 Å². The molecule has 21 heavy (non-hydrogen) atoms. The smallest absolute Gasteiger partial charge is 0.148 e. The van der Waals surface area contributed by atoms with E-state index in [0.29, 0.717) is 11.7 Å². The van der Waals surface area contributed by atoms with Crippen LogP contribution in [-0.4, -0.2) is 36.2 Å². The topological polar surface area (TPSA) is 64.3 Å². The zero-order valence-electron chi connectivity index (χ0n) is 12.3. The van der Waals surface area contributed by atoms with Gasteiger partial charge in [-0.3, -0.25) is 0 Å². The molecule has 3 rings (SSSR count). The van der Waals surface area contributed by atoms with Crippen molar-refractivity contribution in [3.63, 3.8) is 0 Å². The van der Waals surface area contributed by atoms with E-state index in [4.69, 9.17) is 10.5 Å². The van der Waals surface area contributed by atoms with Crippen LogP contribution in [0.5, 0.6) is 0 Å². The number of aryl methyl sites for hydroxylation is 1. The van der Waals surface area contributed by atoms with E-state index in [2.05, 4.69) is 19.6 Å². The van der Waals surface area contributed by atoms with Crippen LogP contribution in [0, 0.1) is 12.8 Å². The van der Waals surface area contributed by atoms with Gasteiger partial charge in [0.25, 0.3) is 0 Å². The van der Waals surface area contributed by atoms with Gasteiger partial charge in [0.15, 0.2) is 0 Å². The zero-order valence-corrected chi connectivity index (χ0v) is 14.0. The van der Waals surface area contributed by atoms with Crippen LogP contribution < -0.4 is 10.6 Å². The standard InChI is InChI=1S/C14H20N4OS2/c1-9-16-11(8-20-9)12-13(15)17-21-14(12)18-5-3-10(4-6-18)7-19-2/h8,10H,3-7H2,1-2H3,(H2,15,17). The Hall–Kier alpha value is -1.18. The Bertz CT molecular complexity index is 602. The minimum atomic E-state index is 0.597. The van der Waals surface area contributed by atoms with Crippen LogP contribution in [-0.2, 0) is 4.74 Å². The molecule has 7 heteroatoms. The van der Waals surface area contributed by atoms with Crippen LogP contribution in [0.4, 0.5) is 10.8 Å². The van der Waals surface area contributed by atoms with Gasteiger partial charge in [0, 0.05) is 32.2 Å². The highest BCUT2D eigenvalue weighted by Crippen LogP contribution is 2.40. The molecule has 0 unspecified atom stereocenters. The first kappa shape index (κ1) is 14.7. The number of thiazole rings is 1. The summed E-state index contributed by atoms with van der Waals surface area (Å²) in [7, 11) is 1.78. The molecule has 2 aromatic rings. The molecule has 2 N–H and O–H groups in total. The highest BCUT2D eigenvalue weighted by molar-refractivity contribution is 7.11. The highest BCUT2D eigenvalue weighted by atomic mass is 32.1. The van der Waals surface area contributed by atoms with Crippen molar-refractivity contribution in [3.05, 3.63) is 10.4 Å². The number of nitrogen functional groups attached to an aromatic ring is 1. The molecule has 0 saturated carbocycles. The second kappa shape index (κ2) is 6.29. The van der Waals surface area contributed by atoms with Crippen LogP contribution in [0.25, 0.3) is 11.3 Å². The van der Waals surface area contributed by atoms with E-state index >= 15 is 0 Å². The maximum Gasteiger partial charge on any atom is 0.148 e. The first-order valence-corrected chi connectivity index (χ1v) is 8.76. The maximum absolute atomic E-state index is 6.08. The van der Waals surface area contributed by atoms with Crippen molar-refractivity contribution in [1.82, 2.24) is 9.36 Å². The summed E-state index contributed by atoms with van der Waals surface area (Å²) in [4.78, 5) is 6.97. The first-order chi connectivity index (χ1) is 10.2. The molecule has 3 heterocycles. The van der Waals surface area contributed by atoms with E-state index in [0.717, 1.165) is 53.8 Å². The lowest BCUT2D eigenvalue weighted by molar-refractivity contribution is 0.139. The Balaban J connectivity index is 1.81. The normalized spacial score (nSPS) is 16.6. The fourth-order valence-corrected chi connectivity index (χ4v) is 4.24. The largest absolute Gasteiger partial charge is 0.384 e. The van der Waals surface area contributed by atoms with E-state index in [1.807, 2.05) is 6.92 Å². The summed E-state index contributed by atoms with van der Waals surface area (Å²) in [5.74, 6) is 1.26. The first-order valence-electron chi connectivity index (χ1n) is 7.10. The summed E-state index contributed by atoms with van der Waals surface area (Å²) in [6.45, 7) is 4.94. The molecule has 2 aromatic heterocycles. The van der Waals surface area contributed by atoms with Gasteiger partial charge in [0.05, 0.1) is 16.3 Å². The lowest BCUT2D eigenvalue weighted by Gasteiger charge is -2.32. The number of nitrogens with zero attached hydrogens (tertiary/aromatic N) is 3. The van der Waals surface area contributed by atoms with Crippen molar-refractivity contribution in [1.29, 1.82) is 0 Å². The molecule has 0 atom stereocenters. The number of aromatic nitrogens is 2. The van der Waals surface area contributed by atoms with Crippen molar-refractivity contribution >= 4 is 33.7 Å². The third-order valence-corrected chi connectivity index (χ3v) is 5.58. The second-order valence-corrected chi connectivity index (χ2v) is 7.20. The van der Waals surface area contributed by atoms with Gasteiger partial charge in [-0.2, -0.15) is 4.37 Å². The minimum absolute atomic E-state index is 0.597. The summed E-state index contributed by atoms with van der Waals surface area (Å²) in [5.41, 5.74) is 8.05. The van der Waals surface area contributed by atoms with Gasteiger partial charge in [-0.1, -0.05) is 0 Å². The van der Waals surface area contributed by atoms with Crippen molar-refractivity contribution in [3.8, 4) is 11.3 Å². The molecule has 1 fully saturated rings. The van der Waals surface area contributed by atoms with E-state index in [-0.39, 0.29) is 0 Å². The van der Waals surface area contributed by atoms with Gasteiger partial charge in [-0.25, -0.2) is 4.98 Å². The molecule has 1 aliphatic heterocycles. The highest BCUT2D eigenvalue weighted by Gasteiger charge is 2.25. The average molecular weight is 324 g/mol. The van der Waals surface area contributed by atoms with E-state index in [1.165, 1.54) is 11.5 Å². The van der Waals surface area contributed by atoms with Crippen LogP contribution in [0.3, 0.4) is 0 Å². The number of piperidine rings is 1. The SMILES string of the molecule is COCC1CCN(c2snc(N)c2-c2csc(C)n2)CC1. The Morgan fingerprint density at radius 1 is 1.43 bits per heavy atom. The average Bonchev–Trinajstić information content (AvgIpc) is 3.06. The van der Waals surface area contributed by atoms with Gasteiger partial charge in [0.2, 0.25) is 0 Å². The number of hydrogen-bond acceptors (Lipinski definition) is 7. The predicted octanol–water partition coefficient (Wildman–Crippen LogP) is 3.02. The number of rotatable bonds is 4. The van der Waals surface area contributed by atoms with Crippen LogP contribution in [0.15, 0.2) is 5.38 Å². The van der Waals surface area contributed by atoms with Crippen LogP contribution >= 0.6 is 22.9 Å². The van der Waals surface area contributed by atoms with Crippen LogP contribution in [0.1, 0.15) is 17.8 Å². The summed E-state index contributed by atoms with van der Waals surface area (Å²) >= 11 is 3.13. The lowest BCUT2D eigenvalue weighted by Crippen LogP contribution is -2.34. The maximum atomic E-state index is 6.08. The molecule has 1 aliphatic rings. The predicted molar refractivity (Wildman–Crippen MR) is 89.2 cm³/mol. The minimum Gasteiger partial charge on any atom is -0.384 e. The second-order valence-electron chi connectivity index (χ2n) is 5.39. The molecule has 0 bridgehead atoms. The number of methoxy groups -OCH3 is 1. The van der Waals surface area contributed by atoms with Crippen molar-refractivity contribution in [2.75, 3.05) is 37.4 Å². The lowest BCUT2D eigenvalue weighted by atomic mass is 9.98. The number of nitrogens with two attached hydrogens (primary N) is 1. The van der Waals surface area contributed by atoms with Gasteiger partial charge < -0.3 is 15.4 Å². The molecule has 1 saturated heterocycles. The van der Waals surface area contributed by atoms with E-state index < -0.39 is 0 Å². The Kier molecular flexibility index (Phi) is 4.42. The summed E-state index contributed by atoms with van der Waals surface area (Å²) in [6.07, 6.45) is 2.31. The summed E-state index contributed by atoms with van der Waals surface area (Å²) in [6, 6.07) is 0. The Morgan fingerprint density at radius 3 is 2.81 bits per heavy atom. The monoisotopic (exact) mass is 324 g/mol. The zero-order chi connectivity index (χ0) is 14.8. The molecule has 0 amide bonds.